The number of nitrogens with one attached hydrogen (secondary N) is 1. The molecule has 4 heteroatoms. The van der Waals surface area contributed by atoms with Gasteiger partial charge in [0.2, 0.25) is 0 Å². The zero-order chi connectivity index (χ0) is 16.9. The van der Waals surface area contributed by atoms with E-state index < -0.39 is 0 Å². The minimum Gasteiger partial charge on any atom is -0.486 e. The molecule has 0 heterocycles. The third kappa shape index (κ3) is 3.37. The molecule has 0 aromatic heterocycles. The van der Waals surface area contributed by atoms with Crippen LogP contribution in [0, 0.1) is 35.0 Å². The number of hydrogen-bond acceptors (Lipinski definition) is 4. The van der Waals surface area contributed by atoms with E-state index in [1.807, 2.05) is 31.3 Å². The van der Waals surface area contributed by atoms with Crippen LogP contribution in [0.2, 0.25) is 0 Å². The van der Waals surface area contributed by atoms with Gasteiger partial charge in [0.25, 0.3) is 0 Å². The summed E-state index contributed by atoms with van der Waals surface area (Å²) in [7, 11) is 1.89. The maximum Gasteiger partial charge on any atom is 0.163 e. The number of fused-ring (bicyclic) bond motifs is 5. The quantitative estimate of drug-likeness (QED) is 0.831. The van der Waals surface area contributed by atoms with Gasteiger partial charge in [0.1, 0.15) is 12.8 Å². The molecule has 3 fully saturated rings. The van der Waals surface area contributed by atoms with E-state index in [1.54, 1.807) is 6.07 Å². The van der Waals surface area contributed by atoms with Crippen LogP contribution in [0.5, 0.6) is 11.5 Å². The summed E-state index contributed by atoms with van der Waals surface area (Å²) in [6, 6.07) is 9.83. The number of nitriles is 1. The Morgan fingerprint density at radius 3 is 2.58 bits per heavy atom. The average molecular weight is 328 g/mol. The summed E-state index contributed by atoms with van der Waals surface area (Å²) in [4.78, 5) is 0. The monoisotopic (exact) mass is 328 g/mol. The molecule has 4 rings (SSSR count). The van der Waals surface area contributed by atoms with Crippen LogP contribution in [0.3, 0.4) is 0 Å². The van der Waals surface area contributed by atoms with Crippen LogP contribution in [0.15, 0.2) is 24.3 Å². The van der Waals surface area contributed by atoms with Crippen LogP contribution in [0.4, 0.5) is 0 Å². The first-order chi connectivity index (χ1) is 11.8. The van der Waals surface area contributed by atoms with Crippen molar-refractivity contribution < 1.29 is 9.47 Å². The lowest BCUT2D eigenvalue weighted by molar-refractivity contribution is 0.0805. The van der Waals surface area contributed by atoms with Crippen LogP contribution in [-0.4, -0.2) is 19.9 Å². The van der Waals surface area contributed by atoms with Crippen LogP contribution < -0.4 is 14.8 Å². The van der Waals surface area contributed by atoms with Crippen molar-refractivity contribution in [2.45, 2.75) is 45.1 Å². The molecule has 3 saturated carbocycles. The third-order valence-electron chi connectivity index (χ3n) is 5.87. The Morgan fingerprint density at radius 1 is 1.12 bits per heavy atom. The molecule has 130 valence electrons. The lowest BCUT2D eigenvalue weighted by Gasteiger charge is -2.32. The maximum atomic E-state index is 7.32. The summed E-state index contributed by atoms with van der Waals surface area (Å²) >= 11 is 0. The Kier molecular flexibility index (Phi) is 5.63. The lowest BCUT2D eigenvalue weighted by atomic mass is 9.80. The summed E-state index contributed by atoms with van der Waals surface area (Å²) in [5, 5.41) is 10.3. The molecule has 3 aliphatic rings. The van der Waals surface area contributed by atoms with E-state index in [4.69, 9.17) is 14.7 Å². The molecular formula is C20H28N2O2. The fourth-order valence-electron chi connectivity index (χ4n) is 5.12. The van der Waals surface area contributed by atoms with Crippen molar-refractivity contribution in [2.24, 2.45) is 23.7 Å². The topological polar surface area (TPSA) is 54.3 Å². The van der Waals surface area contributed by atoms with Crippen molar-refractivity contribution in [1.29, 1.82) is 5.26 Å². The van der Waals surface area contributed by atoms with Gasteiger partial charge >= 0.3 is 0 Å². The van der Waals surface area contributed by atoms with Gasteiger partial charge in [-0.1, -0.05) is 18.6 Å². The van der Waals surface area contributed by atoms with E-state index in [-0.39, 0.29) is 0 Å². The molecule has 0 aliphatic heterocycles. The van der Waals surface area contributed by atoms with E-state index in [0.29, 0.717) is 12.8 Å². The van der Waals surface area contributed by atoms with Gasteiger partial charge in [-0.05, 0) is 68.5 Å². The zero-order valence-corrected chi connectivity index (χ0v) is 14.7. The Hall–Kier alpha value is -1.73. The van der Waals surface area contributed by atoms with Gasteiger partial charge in [0, 0.05) is 6.92 Å². The van der Waals surface area contributed by atoms with E-state index in [2.05, 4.69) is 5.32 Å². The molecule has 0 saturated heterocycles. The molecule has 1 aromatic rings. The van der Waals surface area contributed by atoms with Gasteiger partial charge in [-0.2, -0.15) is 5.26 Å². The Bertz CT molecular complexity index is 583. The second-order valence-corrected chi connectivity index (χ2v) is 7.12. The van der Waals surface area contributed by atoms with Crippen LogP contribution >= 0.6 is 0 Å². The highest BCUT2D eigenvalue weighted by Crippen LogP contribution is 2.59. The molecule has 24 heavy (non-hydrogen) atoms. The minimum atomic E-state index is 0.411. The van der Waals surface area contributed by atoms with E-state index in [9.17, 15) is 0 Å². The fourth-order valence-corrected chi connectivity index (χ4v) is 5.12. The summed E-state index contributed by atoms with van der Waals surface area (Å²) < 4.78 is 12.1. The highest BCUT2D eigenvalue weighted by Gasteiger charge is 2.54. The molecule has 5 unspecified atom stereocenters. The number of ether oxygens (including phenoxy) is 2. The van der Waals surface area contributed by atoms with Crippen molar-refractivity contribution in [1.82, 2.24) is 5.32 Å². The van der Waals surface area contributed by atoms with Gasteiger partial charge in [-0.3, -0.25) is 5.32 Å². The smallest absolute Gasteiger partial charge is 0.163 e. The van der Waals surface area contributed by atoms with E-state index >= 15 is 0 Å². The predicted octanol–water partition coefficient (Wildman–Crippen LogP) is 3.98. The van der Waals surface area contributed by atoms with E-state index in [0.717, 1.165) is 35.2 Å². The second-order valence-electron chi connectivity index (χ2n) is 7.12. The SMILES string of the molecule is CC#N.CNCOc1ccccc1OC1CC2CC1C1CCCC21. The van der Waals surface area contributed by atoms with Gasteiger partial charge < -0.3 is 9.47 Å². The Balaban J connectivity index is 0.000000526. The summed E-state index contributed by atoms with van der Waals surface area (Å²) in [6.45, 7) is 1.95. The summed E-state index contributed by atoms with van der Waals surface area (Å²) in [5.41, 5.74) is 0. The fraction of sp³-hybridized carbons (Fsp3) is 0.650. The maximum absolute atomic E-state index is 7.32. The standard InChI is InChI=1S/C18H25NO2.C2H3N/c1-19-11-20-16-7-2-3-8-17(16)21-18-10-12-9-15(18)14-6-4-5-13(12)14;1-2-3/h2-3,7-8,12-15,18-19H,4-6,9-11H2,1H3;1H3. The first-order valence-corrected chi connectivity index (χ1v) is 9.12. The molecule has 1 N–H and O–H groups in total. The number of benzene rings is 1. The first kappa shape index (κ1) is 17.1. The minimum absolute atomic E-state index is 0.411. The molecule has 0 spiro atoms. The second kappa shape index (κ2) is 7.90. The molecule has 2 bridgehead atoms. The summed E-state index contributed by atoms with van der Waals surface area (Å²) in [6.07, 6.45) is 7.42. The Labute approximate surface area is 145 Å². The largest absolute Gasteiger partial charge is 0.486 e. The molecule has 1 aromatic carbocycles. The molecule has 5 atom stereocenters. The van der Waals surface area contributed by atoms with Crippen molar-refractivity contribution in [3.63, 3.8) is 0 Å². The van der Waals surface area contributed by atoms with Crippen LogP contribution in [0.25, 0.3) is 0 Å². The van der Waals surface area contributed by atoms with Gasteiger partial charge in [0.05, 0.1) is 6.07 Å². The zero-order valence-electron chi connectivity index (χ0n) is 14.7. The highest BCUT2D eigenvalue weighted by molar-refractivity contribution is 5.39. The molecule has 3 aliphatic carbocycles. The highest BCUT2D eigenvalue weighted by atomic mass is 16.5. The number of para-hydroxylation sites is 2. The van der Waals surface area contributed by atoms with Crippen molar-refractivity contribution in [2.75, 3.05) is 13.8 Å². The third-order valence-corrected chi connectivity index (χ3v) is 5.87. The first-order valence-electron chi connectivity index (χ1n) is 9.12. The number of hydrogen-bond donors (Lipinski definition) is 1. The van der Waals surface area contributed by atoms with E-state index in [1.165, 1.54) is 39.0 Å². The van der Waals surface area contributed by atoms with Crippen molar-refractivity contribution in [3.8, 4) is 17.6 Å². The lowest BCUT2D eigenvalue weighted by Crippen LogP contribution is -2.32. The molecule has 0 amide bonds. The van der Waals surface area contributed by atoms with Gasteiger partial charge in [0.15, 0.2) is 11.5 Å². The normalized spacial score (nSPS) is 32.5. The number of rotatable bonds is 5. The van der Waals surface area contributed by atoms with Crippen LogP contribution in [0.1, 0.15) is 39.0 Å². The Morgan fingerprint density at radius 2 is 1.83 bits per heavy atom. The predicted molar refractivity (Wildman–Crippen MR) is 93.7 cm³/mol. The average Bonchev–Trinajstić information content (AvgIpc) is 3.27. The van der Waals surface area contributed by atoms with Crippen LogP contribution in [-0.2, 0) is 0 Å². The number of nitrogens with zero attached hydrogens (tertiary/aromatic N) is 1. The van der Waals surface area contributed by atoms with Gasteiger partial charge in [-0.25, -0.2) is 0 Å². The molecule has 4 nitrogen and oxygen atoms in total. The van der Waals surface area contributed by atoms with Crippen molar-refractivity contribution >= 4 is 0 Å². The van der Waals surface area contributed by atoms with Gasteiger partial charge in [-0.15, -0.1) is 0 Å². The molecular weight excluding hydrogens is 300 g/mol. The molecule has 0 radical (unpaired) electrons. The summed E-state index contributed by atoms with van der Waals surface area (Å²) in [5.74, 6) is 5.46. The van der Waals surface area contributed by atoms with Crippen molar-refractivity contribution in [3.05, 3.63) is 24.3 Å².